The van der Waals surface area contributed by atoms with Crippen LogP contribution in [0.1, 0.15) is 16.7 Å². The number of benzene rings is 2. The number of H-pyrrole nitrogens is 1. The molecule has 4 rings (SSSR count). The molecule has 150 valence electrons. The Bertz CT molecular complexity index is 1080. The minimum atomic E-state index is -0.0591. The Morgan fingerprint density at radius 3 is 2.62 bits per heavy atom. The molecule has 0 amide bonds. The maximum Gasteiger partial charge on any atom is 0.199 e. The molecule has 7 heteroatoms. The van der Waals surface area contributed by atoms with Crippen LogP contribution in [0.4, 0.5) is 0 Å². The lowest BCUT2D eigenvalue weighted by Crippen LogP contribution is -2.35. The maximum atomic E-state index is 13.1. The van der Waals surface area contributed by atoms with Crippen molar-refractivity contribution in [3.8, 4) is 0 Å². The number of aromatic amines is 1. The van der Waals surface area contributed by atoms with E-state index in [-0.39, 0.29) is 5.43 Å². The van der Waals surface area contributed by atoms with E-state index >= 15 is 0 Å². The van der Waals surface area contributed by atoms with Gasteiger partial charge in [0.05, 0.1) is 18.8 Å². The van der Waals surface area contributed by atoms with E-state index in [1.165, 1.54) is 0 Å². The third-order valence-corrected chi connectivity index (χ3v) is 5.68. The molecule has 2 N–H and O–H groups in total. The Morgan fingerprint density at radius 2 is 1.86 bits per heavy atom. The second kappa shape index (κ2) is 9.05. The number of morpholine rings is 1. The van der Waals surface area contributed by atoms with Crippen molar-refractivity contribution in [2.45, 2.75) is 13.1 Å². The van der Waals surface area contributed by atoms with Gasteiger partial charge in [-0.15, -0.1) is 0 Å². The van der Waals surface area contributed by atoms with Gasteiger partial charge in [0.15, 0.2) is 5.43 Å². The van der Waals surface area contributed by atoms with Crippen LogP contribution in [0.25, 0.3) is 10.9 Å². The topological polar surface area (TPSA) is 57.4 Å². The van der Waals surface area contributed by atoms with Crippen LogP contribution in [-0.2, 0) is 17.8 Å². The summed E-state index contributed by atoms with van der Waals surface area (Å²) in [5.74, 6) is 0. The SMILES string of the molecule is O=c1c(C(=S)NCc2ccc(Cl)cc2)c[nH]c2ccc(CN3CCOCC3)cc12. The van der Waals surface area contributed by atoms with Crippen molar-refractivity contribution < 1.29 is 4.74 Å². The smallest absolute Gasteiger partial charge is 0.199 e. The number of hydrogen-bond donors (Lipinski definition) is 2. The summed E-state index contributed by atoms with van der Waals surface area (Å²) in [6.07, 6.45) is 1.68. The molecule has 2 heterocycles. The first-order valence-electron chi connectivity index (χ1n) is 9.57. The molecule has 1 aliphatic rings. The fourth-order valence-electron chi connectivity index (χ4n) is 3.43. The highest BCUT2D eigenvalue weighted by Gasteiger charge is 2.13. The lowest BCUT2D eigenvalue weighted by Gasteiger charge is -2.26. The van der Waals surface area contributed by atoms with Crippen LogP contribution in [0.3, 0.4) is 0 Å². The van der Waals surface area contributed by atoms with E-state index in [0.29, 0.717) is 27.5 Å². The monoisotopic (exact) mass is 427 g/mol. The van der Waals surface area contributed by atoms with Crippen molar-refractivity contribution in [1.29, 1.82) is 0 Å². The molecule has 0 aliphatic carbocycles. The summed E-state index contributed by atoms with van der Waals surface area (Å²) in [6, 6.07) is 13.5. The molecular formula is C22H22ClN3O2S. The van der Waals surface area contributed by atoms with E-state index in [0.717, 1.165) is 49.5 Å². The zero-order chi connectivity index (χ0) is 20.2. The molecule has 1 aromatic heterocycles. The molecule has 1 saturated heterocycles. The number of aromatic nitrogens is 1. The number of halogens is 1. The highest BCUT2D eigenvalue weighted by molar-refractivity contribution is 7.80. The molecule has 0 spiro atoms. The van der Waals surface area contributed by atoms with Gasteiger partial charge in [-0.05, 0) is 35.4 Å². The average Bonchev–Trinajstić information content (AvgIpc) is 2.74. The molecule has 0 atom stereocenters. The minimum absolute atomic E-state index is 0.0591. The van der Waals surface area contributed by atoms with Gasteiger partial charge < -0.3 is 15.0 Å². The molecule has 0 saturated carbocycles. The van der Waals surface area contributed by atoms with Crippen LogP contribution >= 0.6 is 23.8 Å². The normalized spacial score (nSPS) is 14.8. The second-order valence-electron chi connectivity index (χ2n) is 7.11. The summed E-state index contributed by atoms with van der Waals surface area (Å²) in [5.41, 5.74) is 3.38. The third-order valence-electron chi connectivity index (χ3n) is 5.07. The van der Waals surface area contributed by atoms with Crippen molar-refractivity contribution in [1.82, 2.24) is 15.2 Å². The van der Waals surface area contributed by atoms with Crippen LogP contribution in [-0.4, -0.2) is 41.2 Å². The summed E-state index contributed by atoms with van der Waals surface area (Å²) in [4.78, 5) is 19.0. The van der Waals surface area contributed by atoms with Gasteiger partial charge in [-0.1, -0.05) is 42.0 Å². The Hall–Kier alpha value is -2.25. The van der Waals surface area contributed by atoms with Crippen molar-refractivity contribution in [3.63, 3.8) is 0 Å². The first-order valence-corrected chi connectivity index (χ1v) is 10.4. The third kappa shape index (κ3) is 4.85. The Morgan fingerprint density at radius 1 is 1.14 bits per heavy atom. The number of ether oxygens (including phenoxy) is 1. The fourth-order valence-corrected chi connectivity index (χ4v) is 3.78. The quantitative estimate of drug-likeness (QED) is 0.610. The van der Waals surface area contributed by atoms with E-state index in [1.54, 1.807) is 6.20 Å². The van der Waals surface area contributed by atoms with Crippen molar-refractivity contribution in [2.24, 2.45) is 0 Å². The van der Waals surface area contributed by atoms with Crippen LogP contribution in [0.2, 0.25) is 5.02 Å². The Kier molecular flexibility index (Phi) is 6.25. The van der Waals surface area contributed by atoms with Gasteiger partial charge in [0.1, 0.15) is 4.99 Å². The van der Waals surface area contributed by atoms with E-state index in [4.69, 9.17) is 28.6 Å². The molecule has 5 nitrogen and oxygen atoms in total. The zero-order valence-electron chi connectivity index (χ0n) is 15.9. The molecule has 1 aliphatic heterocycles. The number of thiocarbonyl (C=S) groups is 1. The number of fused-ring (bicyclic) bond motifs is 1. The molecule has 2 aromatic carbocycles. The second-order valence-corrected chi connectivity index (χ2v) is 7.95. The van der Waals surface area contributed by atoms with Crippen molar-refractivity contribution >= 4 is 39.7 Å². The lowest BCUT2D eigenvalue weighted by atomic mass is 10.1. The summed E-state index contributed by atoms with van der Waals surface area (Å²) >= 11 is 11.4. The van der Waals surface area contributed by atoms with Gasteiger partial charge in [-0.3, -0.25) is 9.69 Å². The van der Waals surface area contributed by atoms with Crippen molar-refractivity contribution in [2.75, 3.05) is 26.3 Å². The lowest BCUT2D eigenvalue weighted by molar-refractivity contribution is 0.0342. The molecule has 0 unspecified atom stereocenters. The maximum absolute atomic E-state index is 13.1. The average molecular weight is 428 g/mol. The molecule has 0 bridgehead atoms. The van der Waals surface area contributed by atoms with Gasteiger partial charge in [-0.2, -0.15) is 0 Å². The van der Waals surface area contributed by atoms with E-state index in [1.807, 2.05) is 36.4 Å². The fraction of sp³-hybridized carbons (Fsp3) is 0.273. The van der Waals surface area contributed by atoms with Gasteiger partial charge in [0, 0.05) is 48.3 Å². The largest absolute Gasteiger partial charge is 0.379 e. The highest BCUT2D eigenvalue weighted by atomic mass is 35.5. The van der Waals surface area contributed by atoms with E-state index in [2.05, 4.69) is 21.3 Å². The van der Waals surface area contributed by atoms with Crippen LogP contribution in [0.5, 0.6) is 0 Å². The molecule has 29 heavy (non-hydrogen) atoms. The summed E-state index contributed by atoms with van der Waals surface area (Å²) in [7, 11) is 0. The van der Waals surface area contributed by atoms with Crippen LogP contribution in [0, 0.1) is 0 Å². The first kappa shape index (κ1) is 20.0. The number of hydrogen-bond acceptors (Lipinski definition) is 4. The summed E-state index contributed by atoms with van der Waals surface area (Å²) < 4.78 is 5.41. The van der Waals surface area contributed by atoms with Crippen LogP contribution in [0.15, 0.2) is 53.5 Å². The number of pyridine rings is 1. The number of nitrogens with one attached hydrogen (secondary N) is 2. The van der Waals surface area contributed by atoms with Crippen LogP contribution < -0.4 is 10.7 Å². The van der Waals surface area contributed by atoms with E-state index in [9.17, 15) is 4.79 Å². The first-order chi connectivity index (χ1) is 14.1. The molecule has 3 aromatic rings. The molecule has 1 fully saturated rings. The highest BCUT2D eigenvalue weighted by Crippen LogP contribution is 2.15. The Balaban J connectivity index is 1.52. The number of rotatable bonds is 5. The van der Waals surface area contributed by atoms with Gasteiger partial charge in [0.25, 0.3) is 0 Å². The standard InChI is InChI=1S/C22H22ClN3O2S/c23-17-4-1-15(2-5-17)12-25-22(29)19-13-24-20-6-3-16(11-18(20)21(19)27)14-26-7-9-28-10-8-26/h1-6,11,13H,7-10,12,14H2,(H,24,27)(H,25,29). The predicted octanol–water partition coefficient (Wildman–Crippen LogP) is 3.48. The van der Waals surface area contributed by atoms with Gasteiger partial charge >= 0.3 is 0 Å². The summed E-state index contributed by atoms with van der Waals surface area (Å²) in [6.45, 7) is 4.67. The molecular weight excluding hydrogens is 406 g/mol. The Labute approximate surface area is 179 Å². The zero-order valence-corrected chi connectivity index (χ0v) is 17.5. The predicted molar refractivity (Wildman–Crippen MR) is 121 cm³/mol. The van der Waals surface area contributed by atoms with E-state index < -0.39 is 0 Å². The van der Waals surface area contributed by atoms with Gasteiger partial charge in [-0.25, -0.2) is 0 Å². The number of nitrogens with zero attached hydrogens (tertiary/aromatic N) is 1. The summed E-state index contributed by atoms with van der Waals surface area (Å²) in [5, 5.41) is 4.51. The van der Waals surface area contributed by atoms with Gasteiger partial charge in [0.2, 0.25) is 0 Å². The minimum Gasteiger partial charge on any atom is -0.379 e. The molecule has 0 radical (unpaired) electrons. The van der Waals surface area contributed by atoms with Crippen molar-refractivity contribution in [3.05, 3.63) is 80.6 Å².